The van der Waals surface area contributed by atoms with Gasteiger partial charge in [0.05, 0.1) is 5.60 Å². The topological polar surface area (TPSA) is 74.4 Å². The number of nitrogens with one attached hydrogen (secondary N) is 1. The zero-order valence-corrected chi connectivity index (χ0v) is 22.2. The van der Waals surface area contributed by atoms with Crippen molar-refractivity contribution in [1.29, 1.82) is 0 Å². The lowest BCUT2D eigenvalue weighted by Crippen LogP contribution is -2.42. The molecular weight excluding hydrogens is 479 g/mol. The molecule has 1 saturated heterocycles. The Balaban J connectivity index is 1.43. The van der Waals surface area contributed by atoms with Crippen LogP contribution in [0.25, 0.3) is 22.6 Å². The number of pyridine rings is 1. The molecule has 0 amide bonds. The second kappa shape index (κ2) is 11.1. The quantitative estimate of drug-likeness (QED) is 0.274. The Morgan fingerprint density at radius 2 is 1.76 bits per heavy atom. The fourth-order valence-electron chi connectivity index (χ4n) is 5.09. The Morgan fingerprint density at radius 1 is 1.05 bits per heavy atom. The molecule has 38 heavy (non-hydrogen) atoms. The first-order chi connectivity index (χ1) is 18.2. The summed E-state index contributed by atoms with van der Waals surface area (Å²) in [5.41, 5.74) is 2.82. The van der Waals surface area contributed by atoms with Crippen molar-refractivity contribution < 1.29 is 13.9 Å². The van der Waals surface area contributed by atoms with Gasteiger partial charge in [-0.3, -0.25) is 0 Å². The first-order valence-corrected chi connectivity index (χ1v) is 13.2. The van der Waals surface area contributed by atoms with Gasteiger partial charge in [-0.2, -0.15) is 0 Å². The smallest absolute Gasteiger partial charge is 0.198 e. The molecular formula is C31H35FN4O2. The summed E-state index contributed by atoms with van der Waals surface area (Å²) in [7, 11) is 0. The minimum absolute atomic E-state index is 0.0786. The van der Waals surface area contributed by atoms with Crippen LogP contribution in [0.15, 0.2) is 77.3 Å². The van der Waals surface area contributed by atoms with E-state index < -0.39 is 5.60 Å². The number of β-amino-alcohol motifs (C(OH)–C–C–N with tert-alkyl or cyclic N) is 1. The van der Waals surface area contributed by atoms with E-state index in [0.717, 1.165) is 42.9 Å². The predicted octanol–water partition coefficient (Wildman–Crippen LogP) is 6.67. The molecule has 4 aromatic rings. The molecule has 0 saturated carbocycles. The number of hydrogen-bond donors (Lipinski definition) is 2. The molecule has 1 fully saturated rings. The number of oxazole rings is 1. The number of aromatic nitrogens is 2. The molecule has 2 N–H and O–H groups in total. The molecule has 7 heteroatoms. The van der Waals surface area contributed by atoms with Gasteiger partial charge < -0.3 is 19.7 Å². The lowest BCUT2D eigenvalue weighted by molar-refractivity contribution is 0.0273. The second-order valence-corrected chi connectivity index (χ2v) is 10.8. The van der Waals surface area contributed by atoms with Gasteiger partial charge in [0.15, 0.2) is 11.7 Å². The van der Waals surface area contributed by atoms with Gasteiger partial charge in [0.1, 0.15) is 17.3 Å². The van der Waals surface area contributed by atoms with Crippen molar-refractivity contribution in [2.45, 2.75) is 51.2 Å². The number of hydrogen-bond acceptors (Lipinski definition) is 6. The number of anilines is 1. The SMILES string of the molecule is C[C@H](Nc1cc(-c2oc(C3CCN(CC(C)(C)O)CC3)nc2-c2ccc(F)cc2)ccn1)c1ccccc1. The lowest BCUT2D eigenvalue weighted by atomic mass is 9.95. The maximum Gasteiger partial charge on any atom is 0.198 e. The average molecular weight is 515 g/mol. The third kappa shape index (κ3) is 6.29. The normalized spacial score (nSPS) is 15.9. The molecule has 6 nitrogen and oxygen atoms in total. The molecule has 0 aliphatic carbocycles. The monoisotopic (exact) mass is 514 g/mol. The Bertz CT molecular complexity index is 1340. The van der Waals surface area contributed by atoms with E-state index in [0.29, 0.717) is 23.9 Å². The molecule has 0 unspecified atom stereocenters. The van der Waals surface area contributed by atoms with Crippen LogP contribution in [-0.2, 0) is 0 Å². The van der Waals surface area contributed by atoms with Crippen molar-refractivity contribution in [3.8, 4) is 22.6 Å². The highest BCUT2D eigenvalue weighted by Crippen LogP contribution is 2.38. The molecule has 1 atom stereocenters. The number of piperidine rings is 1. The van der Waals surface area contributed by atoms with Gasteiger partial charge in [0.2, 0.25) is 0 Å². The molecule has 5 rings (SSSR count). The van der Waals surface area contributed by atoms with Crippen molar-refractivity contribution in [1.82, 2.24) is 14.9 Å². The molecule has 0 spiro atoms. The van der Waals surface area contributed by atoms with Crippen molar-refractivity contribution >= 4 is 5.82 Å². The van der Waals surface area contributed by atoms with E-state index in [-0.39, 0.29) is 17.8 Å². The molecule has 3 heterocycles. The lowest BCUT2D eigenvalue weighted by Gasteiger charge is -2.34. The Morgan fingerprint density at radius 3 is 2.45 bits per heavy atom. The Labute approximate surface area is 223 Å². The minimum atomic E-state index is -0.718. The van der Waals surface area contributed by atoms with Crippen molar-refractivity contribution in [2.75, 3.05) is 25.0 Å². The van der Waals surface area contributed by atoms with Crippen LogP contribution < -0.4 is 5.32 Å². The van der Waals surface area contributed by atoms with E-state index in [4.69, 9.17) is 9.40 Å². The van der Waals surface area contributed by atoms with Crippen molar-refractivity contribution in [3.05, 3.63) is 90.2 Å². The van der Waals surface area contributed by atoms with Gasteiger partial charge >= 0.3 is 0 Å². The summed E-state index contributed by atoms with van der Waals surface area (Å²) in [6, 6.07) is 20.6. The van der Waals surface area contributed by atoms with E-state index in [1.54, 1.807) is 18.3 Å². The third-order valence-electron chi connectivity index (χ3n) is 6.99. The highest BCUT2D eigenvalue weighted by atomic mass is 19.1. The van der Waals surface area contributed by atoms with Crippen molar-refractivity contribution in [3.63, 3.8) is 0 Å². The first-order valence-electron chi connectivity index (χ1n) is 13.2. The van der Waals surface area contributed by atoms with Crippen LogP contribution in [0.3, 0.4) is 0 Å². The maximum absolute atomic E-state index is 13.7. The summed E-state index contributed by atoms with van der Waals surface area (Å²) in [5, 5.41) is 13.7. The molecule has 2 aromatic heterocycles. The van der Waals surface area contributed by atoms with Crippen LogP contribution in [0.4, 0.5) is 10.2 Å². The summed E-state index contributed by atoms with van der Waals surface area (Å²) in [6.07, 6.45) is 3.56. The van der Waals surface area contributed by atoms with E-state index in [1.165, 1.54) is 17.7 Å². The Hall–Kier alpha value is -3.55. The zero-order chi connectivity index (χ0) is 26.7. The van der Waals surface area contributed by atoms with Crippen LogP contribution in [-0.4, -0.2) is 45.2 Å². The van der Waals surface area contributed by atoms with E-state index in [1.807, 2.05) is 44.2 Å². The summed E-state index contributed by atoms with van der Waals surface area (Å²) < 4.78 is 20.2. The summed E-state index contributed by atoms with van der Waals surface area (Å²) >= 11 is 0. The van der Waals surface area contributed by atoms with E-state index in [2.05, 4.69) is 34.3 Å². The van der Waals surface area contributed by atoms with Crippen LogP contribution in [0.5, 0.6) is 0 Å². The molecule has 2 aromatic carbocycles. The number of nitrogens with zero attached hydrogens (tertiary/aromatic N) is 3. The van der Waals surface area contributed by atoms with Crippen LogP contribution in [0.1, 0.15) is 57.0 Å². The average Bonchev–Trinajstić information content (AvgIpc) is 3.35. The van der Waals surface area contributed by atoms with E-state index >= 15 is 0 Å². The summed E-state index contributed by atoms with van der Waals surface area (Å²) in [4.78, 5) is 11.8. The van der Waals surface area contributed by atoms with Crippen LogP contribution >= 0.6 is 0 Å². The van der Waals surface area contributed by atoms with Crippen LogP contribution in [0.2, 0.25) is 0 Å². The number of rotatable bonds is 8. The second-order valence-electron chi connectivity index (χ2n) is 10.8. The zero-order valence-electron chi connectivity index (χ0n) is 22.2. The third-order valence-corrected chi connectivity index (χ3v) is 6.99. The summed E-state index contributed by atoms with van der Waals surface area (Å²) in [5.74, 6) is 1.98. The fourth-order valence-corrected chi connectivity index (χ4v) is 5.09. The van der Waals surface area contributed by atoms with Gasteiger partial charge in [-0.15, -0.1) is 0 Å². The maximum atomic E-state index is 13.7. The van der Waals surface area contributed by atoms with E-state index in [9.17, 15) is 9.50 Å². The molecule has 0 radical (unpaired) electrons. The first kappa shape index (κ1) is 26.1. The summed E-state index contributed by atoms with van der Waals surface area (Å²) in [6.45, 7) is 8.17. The highest BCUT2D eigenvalue weighted by Gasteiger charge is 2.29. The van der Waals surface area contributed by atoms with Crippen LogP contribution in [0, 0.1) is 5.82 Å². The number of likely N-dealkylation sites (tertiary alicyclic amines) is 1. The highest BCUT2D eigenvalue weighted by molar-refractivity contribution is 5.78. The van der Waals surface area contributed by atoms with Gasteiger partial charge in [0, 0.05) is 35.8 Å². The van der Waals surface area contributed by atoms with Gasteiger partial charge in [-0.25, -0.2) is 14.4 Å². The predicted molar refractivity (Wildman–Crippen MR) is 148 cm³/mol. The number of benzene rings is 2. The standard InChI is InChI=1S/C31H35FN4O2/c1-21(22-7-5-4-6-8-22)34-27-19-25(13-16-33-27)29-28(23-9-11-26(32)12-10-23)35-30(38-29)24-14-17-36(18-15-24)20-31(2,3)37/h4-13,16,19,21,24,37H,14-15,17-18,20H2,1-3H3,(H,33,34)/t21-/m0/s1. The molecule has 0 bridgehead atoms. The molecule has 198 valence electrons. The van der Waals surface area contributed by atoms with Crippen molar-refractivity contribution in [2.24, 2.45) is 0 Å². The van der Waals surface area contributed by atoms with Gasteiger partial charge in [0.25, 0.3) is 0 Å². The number of aliphatic hydroxyl groups is 1. The fraction of sp³-hybridized carbons (Fsp3) is 0.355. The number of halogens is 1. The minimum Gasteiger partial charge on any atom is -0.440 e. The van der Waals surface area contributed by atoms with Gasteiger partial charge in [-0.1, -0.05) is 30.3 Å². The molecule has 1 aliphatic heterocycles. The largest absolute Gasteiger partial charge is 0.440 e. The van der Waals surface area contributed by atoms with Gasteiger partial charge in [-0.05, 0) is 88.7 Å². The molecule has 1 aliphatic rings. The Kier molecular flexibility index (Phi) is 7.58.